The first-order valence-corrected chi connectivity index (χ1v) is 11.3. The van der Waals surface area contributed by atoms with Crippen molar-refractivity contribution in [2.45, 2.75) is 9.37 Å². The molecule has 0 unspecified atom stereocenters. The molecular formula is C23H15N5O2S2. The Hall–Kier alpha value is -3.82. The molecule has 0 saturated heterocycles. The summed E-state index contributed by atoms with van der Waals surface area (Å²) in [5.41, 5.74) is 4.34. The van der Waals surface area contributed by atoms with Crippen LogP contribution in [-0.4, -0.2) is 26.5 Å². The van der Waals surface area contributed by atoms with Gasteiger partial charge in [-0.1, -0.05) is 36.4 Å². The summed E-state index contributed by atoms with van der Waals surface area (Å²) in [6, 6.07) is 21.9. The van der Waals surface area contributed by atoms with Gasteiger partial charge in [0, 0.05) is 11.8 Å². The molecule has 0 radical (unpaired) electrons. The predicted octanol–water partition coefficient (Wildman–Crippen LogP) is 4.22. The average molecular weight is 458 g/mol. The van der Waals surface area contributed by atoms with Gasteiger partial charge in [0.25, 0.3) is 11.5 Å². The SMILES string of the molecule is O=C(N/N=C\c1c(Sc2nc3ccccc3s2)nc2ccccn2c1=O)c1ccccc1. The van der Waals surface area contributed by atoms with Crippen molar-refractivity contribution in [1.82, 2.24) is 19.8 Å². The van der Waals surface area contributed by atoms with Crippen LogP contribution in [0.5, 0.6) is 0 Å². The third-order valence-corrected chi connectivity index (χ3v) is 6.69. The zero-order chi connectivity index (χ0) is 21.9. The molecule has 0 fully saturated rings. The standard InChI is InChI=1S/C23H15N5O2S2/c29-20(15-8-2-1-3-9-15)27-24-14-16-21(26-19-12-6-7-13-28(19)22(16)30)32-23-25-17-10-4-5-11-18(17)31-23/h1-14H,(H,27,29)/b24-14-. The number of hydrogen-bond acceptors (Lipinski definition) is 7. The second-order valence-corrected chi connectivity index (χ2v) is 8.95. The summed E-state index contributed by atoms with van der Waals surface area (Å²) in [6.45, 7) is 0. The normalized spacial score (nSPS) is 11.4. The molecule has 32 heavy (non-hydrogen) atoms. The van der Waals surface area contributed by atoms with Crippen LogP contribution >= 0.6 is 23.1 Å². The number of fused-ring (bicyclic) bond motifs is 2. The van der Waals surface area contributed by atoms with E-state index in [4.69, 9.17) is 0 Å². The highest BCUT2D eigenvalue weighted by Crippen LogP contribution is 2.34. The first-order valence-electron chi connectivity index (χ1n) is 9.62. The van der Waals surface area contributed by atoms with Gasteiger partial charge in [-0.15, -0.1) is 11.3 Å². The van der Waals surface area contributed by atoms with Gasteiger partial charge in [0.05, 0.1) is 22.0 Å². The Balaban J connectivity index is 1.51. The Morgan fingerprint density at radius 2 is 1.78 bits per heavy atom. The van der Waals surface area contributed by atoms with Crippen molar-refractivity contribution in [3.8, 4) is 0 Å². The van der Waals surface area contributed by atoms with Gasteiger partial charge in [-0.05, 0) is 48.2 Å². The summed E-state index contributed by atoms with van der Waals surface area (Å²) < 4.78 is 3.27. The minimum Gasteiger partial charge on any atom is -0.268 e. The van der Waals surface area contributed by atoms with E-state index < -0.39 is 0 Å². The number of hydrazone groups is 1. The van der Waals surface area contributed by atoms with Gasteiger partial charge in [-0.3, -0.25) is 14.0 Å². The van der Waals surface area contributed by atoms with Crippen LogP contribution in [0.4, 0.5) is 0 Å². The average Bonchev–Trinajstić information content (AvgIpc) is 3.24. The highest BCUT2D eigenvalue weighted by Gasteiger charge is 2.15. The zero-order valence-electron chi connectivity index (χ0n) is 16.5. The molecule has 7 nitrogen and oxygen atoms in total. The number of nitrogens with one attached hydrogen (secondary N) is 1. The van der Waals surface area contributed by atoms with E-state index in [0.717, 1.165) is 14.6 Å². The monoisotopic (exact) mass is 457 g/mol. The Morgan fingerprint density at radius 1 is 1.00 bits per heavy atom. The number of nitrogens with zero attached hydrogens (tertiary/aromatic N) is 4. The second-order valence-electron chi connectivity index (χ2n) is 6.68. The second kappa shape index (κ2) is 8.74. The number of benzene rings is 2. The summed E-state index contributed by atoms with van der Waals surface area (Å²) in [4.78, 5) is 34.7. The fourth-order valence-electron chi connectivity index (χ4n) is 3.06. The van der Waals surface area contributed by atoms with Crippen LogP contribution in [0.3, 0.4) is 0 Å². The molecule has 0 atom stereocenters. The van der Waals surface area contributed by atoms with Crippen molar-refractivity contribution in [2.75, 3.05) is 0 Å². The van der Waals surface area contributed by atoms with Crippen LogP contribution in [0, 0.1) is 0 Å². The highest BCUT2D eigenvalue weighted by molar-refractivity contribution is 8.01. The molecule has 9 heteroatoms. The largest absolute Gasteiger partial charge is 0.271 e. The van der Waals surface area contributed by atoms with Crippen LogP contribution in [0.15, 0.2) is 98.3 Å². The number of rotatable bonds is 5. The molecule has 3 aromatic heterocycles. The molecule has 156 valence electrons. The Morgan fingerprint density at radius 3 is 2.62 bits per heavy atom. The minimum absolute atomic E-state index is 0.270. The number of pyridine rings is 1. The van der Waals surface area contributed by atoms with Crippen molar-refractivity contribution in [3.63, 3.8) is 0 Å². The van der Waals surface area contributed by atoms with E-state index in [1.165, 1.54) is 33.7 Å². The number of carbonyl (C=O) groups excluding carboxylic acids is 1. The van der Waals surface area contributed by atoms with Gasteiger partial charge in [-0.25, -0.2) is 15.4 Å². The lowest BCUT2D eigenvalue weighted by molar-refractivity contribution is 0.0955. The zero-order valence-corrected chi connectivity index (χ0v) is 18.1. The number of thiazole rings is 1. The summed E-state index contributed by atoms with van der Waals surface area (Å²) in [5, 5.41) is 4.49. The Labute approximate surface area is 190 Å². The maximum atomic E-state index is 13.1. The molecule has 0 spiro atoms. The van der Waals surface area contributed by atoms with Crippen molar-refractivity contribution in [3.05, 3.63) is 100 Å². The van der Waals surface area contributed by atoms with E-state index >= 15 is 0 Å². The Bertz CT molecular complexity index is 1490. The third-order valence-electron chi connectivity index (χ3n) is 4.59. The molecule has 0 aliphatic carbocycles. The van der Waals surface area contributed by atoms with Crippen LogP contribution < -0.4 is 11.0 Å². The van der Waals surface area contributed by atoms with E-state index in [-0.39, 0.29) is 17.0 Å². The summed E-state index contributed by atoms with van der Waals surface area (Å²) >= 11 is 2.83. The van der Waals surface area contributed by atoms with E-state index in [1.807, 2.05) is 36.4 Å². The van der Waals surface area contributed by atoms with E-state index in [1.54, 1.807) is 42.6 Å². The highest BCUT2D eigenvalue weighted by atomic mass is 32.2. The van der Waals surface area contributed by atoms with Gasteiger partial charge in [0.2, 0.25) is 0 Å². The van der Waals surface area contributed by atoms with Crippen LogP contribution in [0.2, 0.25) is 0 Å². The van der Waals surface area contributed by atoms with Gasteiger partial charge < -0.3 is 0 Å². The predicted molar refractivity (Wildman–Crippen MR) is 127 cm³/mol. The summed E-state index contributed by atoms with van der Waals surface area (Å²) in [6.07, 6.45) is 2.99. The van der Waals surface area contributed by atoms with E-state index in [9.17, 15) is 9.59 Å². The van der Waals surface area contributed by atoms with Crippen molar-refractivity contribution in [2.24, 2.45) is 5.10 Å². The smallest absolute Gasteiger partial charge is 0.268 e. The molecule has 5 rings (SSSR count). The van der Waals surface area contributed by atoms with Gasteiger partial charge in [0.1, 0.15) is 10.7 Å². The Kier molecular flexibility index (Phi) is 5.49. The summed E-state index contributed by atoms with van der Waals surface area (Å²) in [5.74, 6) is -0.365. The minimum atomic E-state index is -0.365. The van der Waals surface area contributed by atoms with Crippen molar-refractivity contribution < 1.29 is 4.79 Å². The van der Waals surface area contributed by atoms with Crippen LogP contribution in [0.1, 0.15) is 15.9 Å². The number of carbonyl (C=O) groups is 1. The number of hydrogen-bond donors (Lipinski definition) is 1. The van der Waals surface area contributed by atoms with Crippen LogP contribution in [-0.2, 0) is 0 Å². The molecule has 0 aliphatic heterocycles. The first kappa shape index (κ1) is 20.1. The third kappa shape index (κ3) is 4.03. The fraction of sp³-hybridized carbons (Fsp3) is 0. The first-order chi connectivity index (χ1) is 15.7. The number of para-hydroxylation sites is 1. The molecular weight excluding hydrogens is 442 g/mol. The van der Waals surface area contributed by atoms with E-state index in [0.29, 0.717) is 16.2 Å². The summed E-state index contributed by atoms with van der Waals surface area (Å²) in [7, 11) is 0. The molecule has 1 N–H and O–H groups in total. The molecule has 0 saturated carbocycles. The van der Waals surface area contributed by atoms with Crippen molar-refractivity contribution in [1.29, 1.82) is 0 Å². The molecule has 3 heterocycles. The van der Waals surface area contributed by atoms with Crippen LogP contribution in [0.25, 0.3) is 15.9 Å². The maximum absolute atomic E-state index is 13.1. The molecule has 0 bridgehead atoms. The molecule has 2 aromatic carbocycles. The lowest BCUT2D eigenvalue weighted by atomic mass is 10.2. The topological polar surface area (TPSA) is 88.7 Å². The molecule has 1 amide bonds. The van der Waals surface area contributed by atoms with Gasteiger partial charge in [0.15, 0.2) is 4.34 Å². The van der Waals surface area contributed by atoms with Gasteiger partial charge in [-0.2, -0.15) is 5.10 Å². The van der Waals surface area contributed by atoms with Gasteiger partial charge >= 0.3 is 0 Å². The number of amides is 1. The molecule has 0 aliphatic rings. The number of aromatic nitrogens is 3. The van der Waals surface area contributed by atoms with E-state index in [2.05, 4.69) is 20.5 Å². The quantitative estimate of drug-likeness (QED) is 0.243. The molecule has 5 aromatic rings. The maximum Gasteiger partial charge on any atom is 0.271 e. The lowest BCUT2D eigenvalue weighted by Gasteiger charge is -2.06. The lowest BCUT2D eigenvalue weighted by Crippen LogP contribution is -2.22. The van der Waals surface area contributed by atoms with Crippen molar-refractivity contribution >= 4 is 51.1 Å². The fourth-order valence-corrected chi connectivity index (χ4v) is 5.13.